The smallest absolute Gasteiger partial charge is 0.326 e. The summed E-state index contributed by atoms with van der Waals surface area (Å²) in [5, 5.41) is 11.7. The minimum absolute atomic E-state index is 0.267. The van der Waals surface area contributed by atoms with Crippen LogP contribution in [0.25, 0.3) is 0 Å². The number of nitrogens with one attached hydrogen (secondary N) is 1. The summed E-state index contributed by atoms with van der Waals surface area (Å²) in [7, 11) is 0. The number of carbonyl (C=O) groups is 1. The Labute approximate surface area is 88.6 Å². The van der Waals surface area contributed by atoms with Crippen LogP contribution in [0, 0.1) is 6.92 Å². The average Bonchev–Trinajstić information content (AvgIpc) is 2.16. The standard InChI is InChI=1S/C10H13NO2S/c1-7-2-4-8(5-3-7)11-9(6-14)10(12)13/h2-5,9,11,14H,6H2,1H3,(H,12,13)/t9-/m0/s1. The normalized spacial score (nSPS) is 12.1. The van der Waals surface area contributed by atoms with Gasteiger partial charge < -0.3 is 10.4 Å². The fourth-order valence-electron chi connectivity index (χ4n) is 1.04. The van der Waals surface area contributed by atoms with Gasteiger partial charge in [-0.3, -0.25) is 0 Å². The molecule has 14 heavy (non-hydrogen) atoms. The molecule has 0 radical (unpaired) electrons. The van der Waals surface area contributed by atoms with Gasteiger partial charge in [0.25, 0.3) is 0 Å². The van der Waals surface area contributed by atoms with Gasteiger partial charge in [0.2, 0.25) is 0 Å². The highest BCUT2D eigenvalue weighted by atomic mass is 32.1. The van der Waals surface area contributed by atoms with E-state index in [0.717, 1.165) is 11.3 Å². The Kier molecular flexibility index (Phi) is 3.83. The number of hydrogen-bond acceptors (Lipinski definition) is 3. The van der Waals surface area contributed by atoms with Gasteiger partial charge in [0.1, 0.15) is 6.04 Å². The van der Waals surface area contributed by atoms with Crippen LogP contribution < -0.4 is 5.32 Å². The summed E-state index contributed by atoms with van der Waals surface area (Å²) >= 11 is 3.96. The Bertz CT molecular complexity index is 310. The molecule has 1 atom stereocenters. The molecule has 0 unspecified atom stereocenters. The molecule has 0 heterocycles. The summed E-state index contributed by atoms with van der Waals surface area (Å²) in [4.78, 5) is 10.7. The van der Waals surface area contributed by atoms with E-state index >= 15 is 0 Å². The molecular weight excluding hydrogens is 198 g/mol. The largest absolute Gasteiger partial charge is 0.480 e. The lowest BCUT2D eigenvalue weighted by molar-refractivity contribution is -0.137. The first-order valence-electron chi connectivity index (χ1n) is 4.30. The fourth-order valence-corrected chi connectivity index (χ4v) is 1.28. The van der Waals surface area contributed by atoms with Gasteiger partial charge in [-0.25, -0.2) is 4.79 Å². The highest BCUT2D eigenvalue weighted by Crippen LogP contribution is 2.10. The van der Waals surface area contributed by atoms with Crippen LogP contribution in [0.15, 0.2) is 24.3 Å². The average molecular weight is 211 g/mol. The van der Waals surface area contributed by atoms with Gasteiger partial charge >= 0.3 is 5.97 Å². The number of benzene rings is 1. The van der Waals surface area contributed by atoms with Crippen LogP contribution >= 0.6 is 12.6 Å². The van der Waals surface area contributed by atoms with E-state index < -0.39 is 12.0 Å². The minimum Gasteiger partial charge on any atom is -0.480 e. The lowest BCUT2D eigenvalue weighted by Crippen LogP contribution is -2.30. The lowest BCUT2D eigenvalue weighted by Gasteiger charge is -2.13. The van der Waals surface area contributed by atoms with E-state index in [1.54, 1.807) is 0 Å². The van der Waals surface area contributed by atoms with Gasteiger partial charge in [0.05, 0.1) is 0 Å². The molecule has 0 aliphatic carbocycles. The van der Waals surface area contributed by atoms with Crippen LogP contribution in [0.5, 0.6) is 0 Å². The molecule has 1 aromatic carbocycles. The number of carboxylic acid groups (broad SMARTS) is 1. The maximum Gasteiger partial charge on any atom is 0.326 e. The van der Waals surface area contributed by atoms with Crippen molar-refractivity contribution in [2.24, 2.45) is 0 Å². The number of carboxylic acids is 1. The van der Waals surface area contributed by atoms with Gasteiger partial charge in [-0.1, -0.05) is 17.7 Å². The van der Waals surface area contributed by atoms with Crippen molar-refractivity contribution in [2.45, 2.75) is 13.0 Å². The first-order valence-corrected chi connectivity index (χ1v) is 4.93. The number of thiol groups is 1. The number of rotatable bonds is 4. The first-order chi connectivity index (χ1) is 6.63. The fraction of sp³-hybridized carbons (Fsp3) is 0.300. The Morgan fingerprint density at radius 1 is 1.50 bits per heavy atom. The van der Waals surface area contributed by atoms with Crippen molar-refractivity contribution < 1.29 is 9.90 Å². The molecule has 3 nitrogen and oxygen atoms in total. The first kappa shape index (κ1) is 10.9. The Morgan fingerprint density at radius 2 is 2.07 bits per heavy atom. The summed E-state index contributed by atoms with van der Waals surface area (Å²) in [5.74, 6) is -0.621. The second kappa shape index (κ2) is 4.91. The molecule has 1 rings (SSSR count). The zero-order chi connectivity index (χ0) is 10.6. The molecule has 0 aliphatic rings. The number of hydrogen-bond donors (Lipinski definition) is 3. The van der Waals surface area contributed by atoms with Gasteiger partial charge in [-0.05, 0) is 19.1 Å². The van der Waals surface area contributed by atoms with Crippen molar-refractivity contribution >= 4 is 24.3 Å². The molecule has 0 aromatic heterocycles. The van der Waals surface area contributed by atoms with Crippen molar-refractivity contribution in [1.29, 1.82) is 0 Å². The molecule has 76 valence electrons. The van der Waals surface area contributed by atoms with Crippen molar-refractivity contribution in [3.8, 4) is 0 Å². The molecule has 0 fully saturated rings. The van der Waals surface area contributed by atoms with E-state index in [2.05, 4.69) is 17.9 Å². The second-order valence-corrected chi connectivity index (χ2v) is 3.45. The van der Waals surface area contributed by atoms with E-state index in [4.69, 9.17) is 5.11 Å². The molecule has 0 bridgehead atoms. The molecule has 0 aliphatic heterocycles. The molecule has 0 saturated carbocycles. The summed E-state index contributed by atoms with van der Waals surface area (Å²) in [6.07, 6.45) is 0. The predicted octanol–water partition coefficient (Wildman–Crippen LogP) is 1.79. The molecule has 0 spiro atoms. The third-order valence-corrected chi connectivity index (χ3v) is 2.24. The minimum atomic E-state index is -0.888. The van der Waals surface area contributed by atoms with E-state index in [-0.39, 0.29) is 5.75 Å². The quantitative estimate of drug-likeness (QED) is 0.665. The van der Waals surface area contributed by atoms with E-state index in [1.807, 2.05) is 31.2 Å². The summed E-state index contributed by atoms with van der Waals surface area (Å²) in [6.45, 7) is 1.98. The zero-order valence-electron chi connectivity index (χ0n) is 7.90. The van der Waals surface area contributed by atoms with Gasteiger partial charge in [0, 0.05) is 11.4 Å². The maximum absolute atomic E-state index is 10.7. The van der Waals surface area contributed by atoms with Crippen molar-refractivity contribution in [1.82, 2.24) is 0 Å². The number of anilines is 1. The van der Waals surface area contributed by atoms with Crippen molar-refractivity contribution in [3.63, 3.8) is 0 Å². The van der Waals surface area contributed by atoms with Gasteiger partial charge in [0.15, 0.2) is 0 Å². The van der Waals surface area contributed by atoms with Crippen molar-refractivity contribution in [2.75, 3.05) is 11.1 Å². The van der Waals surface area contributed by atoms with E-state index in [9.17, 15) is 4.79 Å². The van der Waals surface area contributed by atoms with E-state index in [0.29, 0.717) is 0 Å². The van der Waals surface area contributed by atoms with Crippen LogP contribution in [-0.4, -0.2) is 22.9 Å². The van der Waals surface area contributed by atoms with E-state index in [1.165, 1.54) is 0 Å². The molecule has 0 saturated heterocycles. The summed E-state index contributed by atoms with van der Waals surface area (Å²) < 4.78 is 0. The lowest BCUT2D eigenvalue weighted by atomic mass is 10.2. The molecule has 4 heteroatoms. The highest BCUT2D eigenvalue weighted by Gasteiger charge is 2.14. The van der Waals surface area contributed by atoms with Crippen LogP contribution in [0.3, 0.4) is 0 Å². The third kappa shape index (κ3) is 2.96. The van der Waals surface area contributed by atoms with Gasteiger partial charge in [-0.15, -0.1) is 0 Å². The molecule has 0 amide bonds. The highest BCUT2D eigenvalue weighted by molar-refractivity contribution is 7.80. The maximum atomic E-state index is 10.7. The number of aryl methyl sites for hydroxylation is 1. The summed E-state index contributed by atoms with van der Waals surface area (Å²) in [6, 6.07) is 6.93. The summed E-state index contributed by atoms with van der Waals surface area (Å²) in [5.41, 5.74) is 1.95. The molecular formula is C10H13NO2S. The van der Waals surface area contributed by atoms with Gasteiger partial charge in [-0.2, -0.15) is 12.6 Å². The van der Waals surface area contributed by atoms with Crippen molar-refractivity contribution in [3.05, 3.63) is 29.8 Å². The Hall–Kier alpha value is -1.16. The Morgan fingerprint density at radius 3 is 2.50 bits per heavy atom. The van der Waals surface area contributed by atoms with Crippen LogP contribution in [0.4, 0.5) is 5.69 Å². The van der Waals surface area contributed by atoms with Crippen LogP contribution in [-0.2, 0) is 4.79 Å². The third-order valence-electron chi connectivity index (χ3n) is 1.87. The monoisotopic (exact) mass is 211 g/mol. The SMILES string of the molecule is Cc1ccc(N[C@@H](CS)C(=O)O)cc1. The zero-order valence-corrected chi connectivity index (χ0v) is 8.79. The van der Waals surface area contributed by atoms with Crippen LogP contribution in [0.1, 0.15) is 5.56 Å². The predicted molar refractivity (Wildman–Crippen MR) is 60.1 cm³/mol. The molecule has 2 N–H and O–H groups in total. The second-order valence-electron chi connectivity index (χ2n) is 3.08. The number of aliphatic carboxylic acids is 1. The topological polar surface area (TPSA) is 49.3 Å². The van der Waals surface area contributed by atoms with Crippen LogP contribution in [0.2, 0.25) is 0 Å². The Balaban J connectivity index is 2.67. The molecule has 1 aromatic rings.